The first-order valence-electron chi connectivity index (χ1n) is 5.61. The highest BCUT2D eigenvalue weighted by atomic mass is 35.5. The molecule has 2 aliphatic rings. The van der Waals surface area contributed by atoms with Crippen molar-refractivity contribution in [3.05, 3.63) is 0 Å². The van der Waals surface area contributed by atoms with E-state index in [1.807, 2.05) is 4.90 Å². The first-order chi connectivity index (χ1) is 6.68. The standard InChI is InChI=1S/C11H18ClNO/c1-2-11(5-6-11)10(14)13-7-3-4-9(12)8-13/h9H,2-8H2,1H3. The van der Waals surface area contributed by atoms with E-state index >= 15 is 0 Å². The highest BCUT2D eigenvalue weighted by Gasteiger charge is 2.50. The quantitative estimate of drug-likeness (QED) is 0.648. The number of carbonyl (C=O) groups is 1. The Hall–Kier alpha value is -0.240. The normalized spacial score (nSPS) is 30.1. The third-order valence-corrected chi connectivity index (χ3v) is 3.99. The molecule has 0 aromatic rings. The minimum Gasteiger partial charge on any atom is -0.341 e. The van der Waals surface area contributed by atoms with Crippen molar-refractivity contribution in [3.63, 3.8) is 0 Å². The Morgan fingerprint density at radius 2 is 2.29 bits per heavy atom. The number of likely N-dealkylation sites (tertiary alicyclic amines) is 1. The van der Waals surface area contributed by atoms with Crippen molar-refractivity contribution >= 4 is 17.5 Å². The monoisotopic (exact) mass is 215 g/mol. The first-order valence-corrected chi connectivity index (χ1v) is 6.05. The van der Waals surface area contributed by atoms with Gasteiger partial charge in [0, 0.05) is 18.5 Å². The number of hydrogen-bond acceptors (Lipinski definition) is 1. The Bertz CT molecular complexity index is 237. The summed E-state index contributed by atoms with van der Waals surface area (Å²) in [7, 11) is 0. The molecule has 0 radical (unpaired) electrons. The van der Waals surface area contributed by atoms with E-state index < -0.39 is 0 Å². The molecule has 2 rings (SSSR count). The Morgan fingerprint density at radius 1 is 1.57 bits per heavy atom. The van der Waals surface area contributed by atoms with Gasteiger partial charge in [0.15, 0.2) is 0 Å². The van der Waals surface area contributed by atoms with E-state index in [4.69, 9.17) is 11.6 Å². The van der Waals surface area contributed by atoms with Crippen LogP contribution in [0.4, 0.5) is 0 Å². The van der Waals surface area contributed by atoms with Gasteiger partial charge in [-0.3, -0.25) is 4.79 Å². The molecule has 0 N–H and O–H groups in total. The summed E-state index contributed by atoms with van der Waals surface area (Å²) >= 11 is 6.08. The SMILES string of the molecule is CCC1(C(=O)N2CCCC(Cl)C2)CC1. The average molecular weight is 216 g/mol. The Morgan fingerprint density at radius 3 is 2.79 bits per heavy atom. The van der Waals surface area contributed by atoms with E-state index in [0.717, 1.165) is 45.2 Å². The first kappa shape index (κ1) is 10.3. The molecule has 0 spiro atoms. The van der Waals surface area contributed by atoms with Gasteiger partial charge in [0.1, 0.15) is 0 Å². The van der Waals surface area contributed by atoms with Crippen molar-refractivity contribution in [3.8, 4) is 0 Å². The average Bonchev–Trinajstić information content (AvgIpc) is 2.97. The predicted molar refractivity (Wildman–Crippen MR) is 57.4 cm³/mol. The number of amides is 1. The second kappa shape index (κ2) is 3.73. The molecule has 1 saturated heterocycles. The zero-order valence-electron chi connectivity index (χ0n) is 8.76. The largest absolute Gasteiger partial charge is 0.341 e. The number of piperidine rings is 1. The number of carbonyl (C=O) groups excluding carboxylic acids is 1. The lowest BCUT2D eigenvalue weighted by atomic mass is 10.00. The van der Waals surface area contributed by atoms with Gasteiger partial charge in [-0.1, -0.05) is 6.92 Å². The topological polar surface area (TPSA) is 20.3 Å². The van der Waals surface area contributed by atoms with Gasteiger partial charge in [0.25, 0.3) is 0 Å². The maximum Gasteiger partial charge on any atom is 0.228 e. The smallest absolute Gasteiger partial charge is 0.228 e. The van der Waals surface area contributed by atoms with Crippen LogP contribution < -0.4 is 0 Å². The number of alkyl halides is 1. The van der Waals surface area contributed by atoms with Gasteiger partial charge in [-0.05, 0) is 32.1 Å². The second-order valence-corrected chi connectivity index (χ2v) is 5.24. The van der Waals surface area contributed by atoms with Crippen LogP contribution in [-0.2, 0) is 4.79 Å². The van der Waals surface area contributed by atoms with Crippen molar-refractivity contribution in [2.45, 2.75) is 44.4 Å². The van der Waals surface area contributed by atoms with Crippen LogP contribution in [0.25, 0.3) is 0 Å². The van der Waals surface area contributed by atoms with Crippen LogP contribution >= 0.6 is 11.6 Å². The molecule has 1 saturated carbocycles. The van der Waals surface area contributed by atoms with E-state index in [9.17, 15) is 4.79 Å². The second-order valence-electron chi connectivity index (χ2n) is 4.62. The lowest BCUT2D eigenvalue weighted by molar-refractivity contribution is -0.138. The van der Waals surface area contributed by atoms with Crippen molar-refractivity contribution in [2.75, 3.05) is 13.1 Å². The Labute approximate surface area is 90.6 Å². The van der Waals surface area contributed by atoms with E-state index in [1.54, 1.807) is 0 Å². The van der Waals surface area contributed by atoms with Gasteiger partial charge in [0.05, 0.1) is 5.38 Å². The van der Waals surface area contributed by atoms with E-state index in [-0.39, 0.29) is 10.8 Å². The molecule has 2 fully saturated rings. The van der Waals surface area contributed by atoms with Crippen LogP contribution in [0.3, 0.4) is 0 Å². The lowest BCUT2D eigenvalue weighted by Crippen LogP contribution is -2.44. The van der Waals surface area contributed by atoms with Crippen LogP contribution in [0.2, 0.25) is 0 Å². The molecule has 14 heavy (non-hydrogen) atoms. The number of hydrogen-bond donors (Lipinski definition) is 0. The molecule has 80 valence electrons. The molecular weight excluding hydrogens is 198 g/mol. The molecule has 1 unspecified atom stereocenters. The summed E-state index contributed by atoms with van der Waals surface area (Å²) < 4.78 is 0. The number of nitrogens with zero attached hydrogens (tertiary/aromatic N) is 1. The molecule has 1 aliphatic carbocycles. The third kappa shape index (κ3) is 1.77. The molecule has 0 aromatic heterocycles. The summed E-state index contributed by atoms with van der Waals surface area (Å²) in [5.74, 6) is 0.366. The molecule has 1 heterocycles. The van der Waals surface area contributed by atoms with Gasteiger partial charge >= 0.3 is 0 Å². The Kier molecular flexibility index (Phi) is 2.74. The van der Waals surface area contributed by atoms with Crippen LogP contribution in [0.15, 0.2) is 0 Å². The number of rotatable bonds is 2. The van der Waals surface area contributed by atoms with E-state index in [2.05, 4.69) is 6.92 Å². The van der Waals surface area contributed by atoms with E-state index in [1.165, 1.54) is 0 Å². The van der Waals surface area contributed by atoms with Crippen molar-refractivity contribution in [1.82, 2.24) is 4.90 Å². The zero-order valence-corrected chi connectivity index (χ0v) is 9.52. The van der Waals surface area contributed by atoms with Gasteiger partial charge in [0.2, 0.25) is 5.91 Å². The van der Waals surface area contributed by atoms with Crippen molar-refractivity contribution in [2.24, 2.45) is 5.41 Å². The fourth-order valence-corrected chi connectivity index (χ4v) is 2.64. The molecule has 3 heteroatoms. The van der Waals surface area contributed by atoms with Crippen LogP contribution in [0.5, 0.6) is 0 Å². The molecule has 1 atom stereocenters. The molecule has 0 aromatic carbocycles. The molecular formula is C11H18ClNO. The molecule has 1 aliphatic heterocycles. The summed E-state index contributed by atoms with van der Waals surface area (Å²) in [4.78, 5) is 14.1. The highest BCUT2D eigenvalue weighted by molar-refractivity contribution is 6.21. The van der Waals surface area contributed by atoms with Crippen LogP contribution in [-0.4, -0.2) is 29.3 Å². The van der Waals surface area contributed by atoms with Gasteiger partial charge < -0.3 is 4.90 Å². The van der Waals surface area contributed by atoms with Gasteiger partial charge in [-0.2, -0.15) is 0 Å². The van der Waals surface area contributed by atoms with Gasteiger partial charge in [-0.15, -0.1) is 11.6 Å². The van der Waals surface area contributed by atoms with Crippen LogP contribution in [0, 0.1) is 5.41 Å². The fraction of sp³-hybridized carbons (Fsp3) is 0.909. The Balaban J connectivity index is 1.97. The summed E-state index contributed by atoms with van der Waals surface area (Å²) in [6.45, 7) is 3.80. The molecule has 0 bridgehead atoms. The van der Waals surface area contributed by atoms with Crippen molar-refractivity contribution in [1.29, 1.82) is 0 Å². The van der Waals surface area contributed by atoms with E-state index in [0.29, 0.717) is 5.91 Å². The fourth-order valence-electron chi connectivity index (χ4n) is 2.31. The lowest BCUT2D eigenvalue weighted by Gasteiger charge is -2.32. The maximum absolute atomic E-state index is 12.1. The van der Waals surface area contributed by atoms with Gasteiger partial charge in [-0.25, -0.2) is 0 Å². The minimum atomic E-state index is 0.0218. The van der Waals surface area contributed by atoms with Crippen LogP contribution in [0.1, 0.15) is 39.0 Å². The predicted octanol–water partition coefficient (Wildman–Crippen LogP) is 2.41. The zero-order chi connectivity index (χ0) is 10.2. The summed E-state index contributed by atoms with van der Waals surface area (Å²) in [5.41, 5.74) is 0.0218. The number of halogens is 1. The molecule has 2 nitrogen and oxygen atoms in total. The third-order valence-electron chi connectivity index (χ3n) is 3.64. The highest BCUT2D eigenvalue weighted by Crippen LogP contribution is 2.50. The maximum atomic E-state index is 12.1. The summed E-state index contributed by atoms with van der Waals surface area (Å²) in [6, 6.07) is 0. The minimum absolute atomic E-state index is 0.0218. The molecule has 1 amide bonds. The summed E-state index contributed by atoms with van der Waals surface area (Å²) in [6.07, 6.45) is 5.30. The summed E-state index contributed by atoms with van der Waals surface area (Å²) in [5, 5.41) is 0.181. The van der Waals surface area contributed by atoms with Crippen molar-refractivity contribution < 1.29 is 4.79 Å².